The van der Waals surface area contributed by atoms with E-state index in [1.54, 1.807) is 0 Å². The molecule has 0 amide bonds. The van der Waals surface area contributed by atoms with E-state index in [9.17, 15) is 13.8 Å². The van der Waals surface area contributed by atoms with E-state index in [1.807, 2.05) is 13.8 Å². The second-order valence-corrected chi connectivity index (χ2v) is 7.93. The van der Waals surface area contributed by atoms with E-state index >= 15 is 0 Å². The molecule has 25 heavy (non-hydrogen) atoms. The van der Waals surface area contributed by atoms with Gasteiger partial charge in [-0.05, 0) is 29.7 Å². The summed E-state index contributed by atoms with van der Waals surface area (Å²) in [6.07, 6.45) is -0.248. The average Bonchev–Trinajstić information content (AvgIpc) is 2.47. The van der Waals surface area contributed by atoms with Crippen LogP contribution in [0.25, 0.3) is 0 Å². The SMILES string of the molecule is CC(C)c1cc(S(=O)c2c(Cl)cc(CC(=O)O)cc2Cl)nn(C)c1=O. The monoisotopic (exact) mass is 402 g/mol. The molecule has 2 aromatic rings. The summed E-state index contributed by atoms with van der Waals surface area (Å²) in [4.78, 5) is 23.0. The summed E-state index contributed by atoms with van der Waals surface area (Å²) >= 11 is 12.3. The highest BCUT2D eigenvalue weighted by Crippen LogP contribution is 2.32. The normalized spacial score (nSPS) is 12.4. The van der Waals surface area contributed by atoms with E-state index < -0.39 is 16.8 Å². The van der Waals surface area contributed by atoms with Crippen LogP contribution in [0.1, 0.15) is 30.9 Å². The van der Waals surface area contributed by atoms with Gasteiger partial charge in [0.2, 0.25) is 0 Å². The molecule has 0 saturated carbocycles. The maximum absolute atomic E-state index is 12.9. The second kappa shape index (κ2) is 7.68. The van der Waals surface area contributed by atoms with Crippen molar-refractivity contribution in [2.24, 2.45) is 7.05 Å². The number of aromatic nitrogens is 2. The number of nitrogens with zero attached hydrogens (tertiary/aromatic N) is 2. The molecular formula is C16H16Cl2N2O4S. The van der Waals surface area contributed by atoms with Crippen molar-refractivity contribution in [1.82, 2.24) is 9.78 Å². The number of benzene rings is 1. The molecule has 1 aromatic heterocycles. The fourth-order valence-electron chi connectivity index (χ4n) is 2.28. The molecule has 0 aliphatic carbocycles. The van der Waals surface area contributed by atoms with Gasteiger partial charge in [-0.2, -0.15) is 5.10 Å². The minimum atomic E-state index is -1.82. The Balaban J connectivity index is 2.55. The predicted molar refractivity (Wildman–Crippen MR) is 96.0 cm³/mol. The highest BCUT2D eigenvalue weighted by molar-refractivity contribution is 7.85. The van der Waals surface area contributed by atoms with Crippen molar-refractivity contribution in [1.29, 1.82) is 0 Å². The number of rotatable bonds is 5. The van der Waals surface area contributed by atoms with Gasteiger partial charge in [-0.25, -0.2) is 8.89 Å². The van der Waals surface area contributed by atoms with E-state index in [-0.39, 0.29) is 37.9 Å². The molecule has 6 nitrogen and oxygen atoms in total. The van der Waals surface area contributed by atoms with E-state index in [1.165, 1.54) is 25.2 Å². The first kappa shape index (κ1) is 19.6. The Morgan fingerprint density at radius 1 is 1.28 bits per heavy atom. The summed E-state index contributed by atoms with van der Waals surface area (Å²) in [5.74, 6) is -1.09. The van der Waals surface area contributed by atoms with Gasteiger partial charge in [0.25, 0.3) is 5.56 Å². The van der Waals surface area contributed by atoms with Gasteiger partial charge in [0.05, 0.1) is 21.4 Å². The van der Waals surface area contributed by atoms with Crippen molar-refractivity contribution in [3.63, 3.8) is 0 Å². The summed E-state index contributed by atoms with van der Waals surface area (Å²) in [5, 5.41) is 13.2. The number of aliphatic carboxylic acids is 1. The fraction of sp³-hybridized carbons (Fsp3) is 0.312. The predicted octanol–water partition coefficient (Wildman–Crippen LogP) is 3.00. The second-order valence-electron chi connectivity index (χ2n) is 5.75. The van der Waals surface area contributed by atoms with E-state index in [2.05, 4.69) is 5.10 Å². The van der Waals surface area contributed by atoms with Crippen LogP contribution in [0, 0.1) is 0 Å². The zero-order valence-corrected chi connectivity index (χ0v) is 16.1. The average molecular weight is 403 g/mol. The van der Waals surface area contributed by atoms with Gasteiger partial charge in [-0.15, -0.1) is 0 Å². The quantitative estimate of drug-likeness (QED) is 0.829. The van der Waals surface area contributed by atoms with Crippen molar-refractivity contribution < 1.29 is 14.1 Å². The third-order valence-corrected chi connectivity index (χ3v) is 5.69. The summed E-state index contributed by atoms with van der Waals surface area (Å²) < 4.78 is 14.0. The van der Waals surface area contributed by atoms with Gasteiger partial charge in [0, 0.05) is 12.6 Å². The zero-order chi connectivity index (χ0) is 18.9. The Hall–Kier alpha value is -1.70. The molecule has 1 heterocycles. The molecule has 0 radical (unpaired) electrons. The molecule has 0 fully saturated rings. The largest absolute Gasteiger partial charge is 0.481 e. The number of carboxylic acids is 1. The van der Waals surface area contributed by atoms with Gasteiger partial charge in [0.1, 0.15) is 10.8 Å². The number of carboxylic acid groups (broad SMARTS) is 1. The Bertz CT molecular complexity index is 902. The Kier molecular flexibility index (Phi) is 6.03. The smallest absolute Gasteiger partial charge is 0.307 e. The lowest BCUT2D eigenvalue weighted by Gasteiger charge is -2.12. The Morgan fingerprint density at radius 3 is 2.32 bits per heavy atom. The summed E-state index contributed by atoms with van der Waals surface area (Å²) in [6, 6.07) is 4.32. The van der Waals surface area contributed by atoms with Crippen molar-refractivity contribution in [3.8, 4) is 0 Å². The molecule has 2 rings (SSSR count). The molecule has 1 atom stereocenters. The number of hydrogen-bond acceptors (Lipinski definition) is 4. The van der Waals surface area contributed by atoms with E-state index in [0.29, 0.717) is 11.1 Å². The maximum atomic E-state index is 12.9. The highest BCUT2D eigenvalue weighted by atomic mass is 35.5. The number of aryl methyl sites for hydroxylation is 1. The van der Waals surface area contributed by atoms with Crippen molar-refractivity contribution >= 4 is 40.0 Å². The lowest BCUT2D eigenvalue weighted by molar-refractivity contribution is -0.136. The first-order valence-electron chi connectivity index (χ1n) is 7.31. The first-order chi connectivity index (χ1) is 11.6. The molecule has 0 saturated heterocycles. The molecular weight excluding hydrogens is 387 g/mol. The van der Waals surface area contributed by atoms with E-state index in [0.717, 1.165) is 4.68 Å². The summed E-state index contributed by atoms with van der Waals surface area (Å²) in [7, 11) is -0.338. The van der Waals surface area contributed by atoms with Crippen LogP contribution in [-0.2, 0) is 29.1 Å². The van der Waals surface area contributed by atoms with Gasteiger partial charge in [-0.3, -0.25) is 9.59 Å². The molecule has 0 aliphatic rings. The molecule has 1 aromatic carbocycles. The van der Waals surface area contributed by atoms with Crippen LogP contribution >= 0.6 is 23.2 Å². The number of carbonyl (C=O) groups is 1. The van der Waals surface area contributed by atoms with Gasteiger partial charge in [0.15, 0.2) is 5.03 Å². The van der Waals surface area contributed by atoms with E-state index in [4.69, 9.17) is 28.3 Å². The molecule has 0 aliphatic heterocycles. The molecule has 0 bridgehead atoms. The minimum absolute atomic E-state index is 0.0682. The minimum Gasteiger partial charge on any atom is -0.481 e. The molecule has 1 N–H and O–H groups in total. The van der Waals surface area contributed by atoms with Crippen LogP contribution < -0.4 is 5.56 Å². The highest BCUT2D eigenvalue weighted by Gasteiger charge is 2.21. The van der Waals surface area contributed by atoms with Crippen LogP contribution in [0.2, 0.25) is 10.0 Å². The third-order valence-electron chi connectivity index (χ3n) is 3.48. The molecule has 1 unspecified atom stereocenters. The number of halogens is 2. The van der Waals surface area contributed by atoms with Crippen LogP contribution in [0.5, 0.6) is 0 Å². The summed E-state index contributed by atoms with van der Waals surface area (Å²) in [5.41, 5.74) is 0.625. The van der Waals surface area contributed by atoms with Crippen LogP contribution in [0.4, 0.5) is 0 Å². The van der Waals surface area contributed by atoms with Crippen LogP contribution in [-0.4, -0.2) is 25.1 Å². The van der Waals surface area contributed by atoms with Crippen LogP contribution in [0.3, 0.4) is 0 Å². The summed E-state index contributed by atoms with van der Waals surface area (Å²) in [6.45, 7) is 3.70. The Morgan fingerprint density at radius 2 is 1.84 bits per heavy atom. The lowest BCUT2D eigenvalue weighted by atomic mass is 10.1. The molecule has 134 valence electrons. The van der Waals surface area contributed by atoms with Gasteiger partial charge in [-0.1, -0.05) is 37.0 Å². The van der Waals surface area contributed by atoms with Gasteiger partial charge >= 0.3 is 5.97 Å². The fourth-order valence-corrected chi connectivity index (χ4v) is 4.34. The standard InChI is InChI=1S/C16H16Cl2N2O4S/c1-8(2)10-7-13(19-20(3)16(10)23)25(24)15-11(17)4-9(5-12(15)18)6-14(21)22/h4-5,7-8H,6H2,1-3H3,(H,21,22). The van der Waals surface area contributed by atoms with Crippen molar-refractivity contribution in [3.05, 3.63) is 49.7 Å². The van der Waals surface area contributed by atoms with Crippen molar-refractivity contribution in [2.45, 2.75) is 36.1 Å². The maximum Gasteiger partial charge on any atom is 0.307 e. The first-order valence-corrected chi connectivity index (χ1v) is 9.22. The molecule has 0 spiro atoms. The lowest BCUT2D eigenvalue weighted by Crippen LogP contribution is -2.25. The number of hydrogen-bond donors (Lipinski definition) is 1. The topological polar surface area (TPSA) is 89.3 Å². The Labute approximate surface area is 156 Å². The third kappa shape index (κ3) is 4.29. The van der Waals surface area contributed by atoms with Crippen LogP contribution in [0.15, 0.2) is 32.9 Å². The zero-order valence-electron chi connectivity index (χ0n) is 13.7. The molecule has 9 heteroatoms. The van der Waals surface area contributed by atoms with Gasteiger partial charge < -0.3 is 5.11 Å². The van der Waals surface area contributed by atoms with Crippen molar-refractivity contribution in [2.75, 3.05) is 0 Å².